The van der Waals surface area contributed by atoms with E-state index in [9.17, 15) is 19.2 Å². The molecule has 0 fully saturated rings. The predicted octanol–water partition coefficient (Wildman–Crippen LogP) is 6.09. The number of rotatable bonds is 10. The van der Waals surface area contributed by atoms with Crippen LogP contribution in [0.3, 0.4) is 0 Å². The normalized spacial score (nSPS) is 12.1. The molecule has 1 aromatic heterocycles. The van der Waals surface area contributed by atoms with Crippen molar-refractivity contribution in [2.45, 2.75) is 54.0 Å². The Labute approximate surface area is 246 Å². The zero-order valence-electron chi connectivity index (χ0n) is 24.7. The number of halogens is 1. The van der Waals surface area contributed by atoms with E-state index in [4.69, 9.17) is 16.3 Å². The first kappa shape index (κ1) is 31.6. The molecule has 1 N–H and O–H groups in total. The Morgan fingerprint density at radius 2 is 1.83 bits per heavy atom. The molecule has 1 atom stereocenters. The quantitative estimate of drug-likeness (QED) is 0.293. The molecular weight excluding hydrogens is 542 g/mol. The molecule has 0 aliphatic heterocycles. The van der Waals surface area contributed by atoms with Crippen LogP contribution in [0.25, 0.3) is 0 Å². The summed E-state index contributed by atoms with van der Waals surface area (Å²) in [5.41, 5.74) is 1.57. The van der Waals surface area contributed by atoms with Crippen molar-refractivity contribution in [2.24, 2.45) is 11.3 Å². The van der Waals surface area contributed by atoms with Gasteiger partial charge in [0, 0.05) is 36.5 Å². The summed E-state index contributed by atoms with van der Waals surface area (Å²) in [6.07, 6.45) is 2.32. The summed E-state index contributed by atoms with van der Waals surface area (Å²) in [5, 5.41) is 3.04. The summed E-state index contributed by atoms with van der Waals surface area (Å²) in [5.74, 6) is -0.449. The van der Waals surface area contributed by atoms with E-state index in [2.05, 4.69) is 5.32 Å². The van der Waals surface area contributed by atoms with E-state index < -0.39 is 17.2 Å². The largest absolute Gasteiger partial charge is 0.495 e. The highest BCUT2D eigenvalue weighted by molar-refractivity contribution is 6.34. The van der Waals surface area contributed by atoms with Crippen LogP contribution in [0.15, 0.2) is 59.5 Å². The third-order valence-electron chi connectivity index (χ3n) is 6.62. The van der Waals surface area contributed by atoms with Gasteiger partial charge >= 0.3 is 0 Å². The van der Waals surface area contributed by atoms with Gasteiger partial charge in [0.25, 0.3) is 11.5 Å². The number of aldehydes is 1. The fourth-order valence-corrected chi connectivity index (χ4v) is 4.81. The molecule has 2 amide bonds. The summed E-state index contributed by atoms with van der Waals surface area (Å²) >= 11 is 6.20. The van der Waals surface area contributed by atoms with Crippen molar-refractivity contribution in [3.8, 4) is 5.75 Å². The van der Waals surface area contributed by atoms with Crippen LogP contribution in [0.2, 0.25) is 5.02 Å². The minimum absolute atomic E-state index is 0.0647. The second-order valence-electron chi connectivity index (χ2n) is 11.5. The molecule has 3 aromatic rings. The van der Waals surface area contributed by atoms with E-state index in [1.165, 1.54) is 23.9 Å². The maximum atomic E-state index is 13.4. The molecule has 0 spiro atoms. The van der Waals surface area contributed by atoms with Crippen LogP contribution in [0, 0.1) is 18.3 Å². The summed E-state index contributed by atoms with van der Waals surface area (Å²) in [6.45, 7) is 12.0. The van der Waals surface area contributed by atoms with E-state index in [0.29, 0.717) is 45.4 Å². The lowest BCUT2D eigenvalue weighted by Gasteiger charge is -2.32. The molecule has 218 valence electrons. The van der Waals surface area contributed by atoms with Crippen LogP contribution in [0.1, 0.15) is 62.0 Å². The number of aromatic nitrogens is 1. The Morgan fingerprint density at radius 1 is 1.12 bits per heavy atom. The zero-order chi connectivity index (χ0) is 30.5. The minimum atomic E-state index is -0.672. The van der Waals surface area contributed by atoms with Crippen molar-refractivity contribution in [3.05, 3.63) is 86.8 Å². The molecule has 0 bridgehead atoms. The number of anilines is 2. The number of pyridine rings is 1. The van der Waals surface area contributed by atoms with Gasteiger partial charge in [-0.1, -0.05) is 64.4 Å². The fourth-order valence-electron chi connectivity index (χ4n) is 4.50. The Balaban J connectivity index is 1.90. The molecule has 0 saturated heterocycles. The molecular formula is C32H38ClN3O5. The molecule has 0 radical (unpaired) electrons. The molecule has 41 heavy (non-hydrogen) atoms. The number of nitrogens with one attached hydrogen (secondary N) is 1. The van der Waals surface area contributed by atoms with Gasteiger partial charge in [-0.25, -0.2) is 0 Å². The smallest absolute Gasteiger partial charge is 0.257 e. The van der Waals surface area contributed by atoms with E-state index in [0.717, 1.165) is 6.29 Å². The standard InChI is InChI=1S/C32H38ClN3O5/c1-20(2)17-36(31(40)32(4,5)6)26-15-22(11-12-27(26)41-7)23(19-37)18-35-14-13-24(16-28(35)38)34-30(39)29-21(3)9-8-10-25(29)33/h8-16,19-20,23H,17-18H2,1-7H3,(H,34,39). The number of carbonyl (C=O) groups is 3. The van der Waals surface area contributed by atoms with Gasteiger partial charge in [0.05, 0.1) is 29.3 Å². The molecule has 2 aromatic carbocycles. The number of hydrogen-bond acceptors (Lipinski definition) is 5. The van der Waals surface area contributed by atoms with Gasteiger partial charge in [-0.05, 0) is 48.2 Å². The highest BCUT2D eigenvalue weighted by atomic mass is 35.5. The second-order valence-corrected chi connectivity index (χ2v) is 11.9. The number of ether oxygens (including phenoxy) is 1. The van der Waals surface area contributed by atoms with Crippen LogP contribution in [-0.2, 0) is 16.1 Å². The molecule has 0 aliphatic rings. The van der Waals surface area contributed by atoms with Crippen LogP contribution < -0.4 is 20.5 Å². The summed E-state index contributed by atoms with van der Waals surface area (Å²) in [7, 11) is 1.54. The summed E-state index contributed by atoms with van der Waals surface area (Å²) < 4.78 is 7.00. The van der Waals surface area contributed by atoms with Crippen molar-refractivity contribution in [1.82, 2.24) is 4.57 Å². The number of nitrogens with zero attached hydrogens (tertiary/aromatic N) is 2. The maximum Gasteiger partial charge on any atom is 0.257 e. The van der Waals surface area contributed by atoms with Gasteiger partial charge in [0.1, 0.15) is 12.0 Å². The average Bonchev–Trinajstić information content (AvgIpc) is 2.90. The lowest BCUT2D eigenvalue weighted by Crippen LogP contribution is -2.42. The zero-order valence-corrected chi connectivity index (χ0v) is 25.4. The van der Waals surface area contributed by atoms with Crippen LogP contribution in [0.4, 0.5) is 11.4 Å². The number of carbonyl (C=O) groups excluding carboxylic acids is 3. The first-order valence-corrected chi connectivity index (χ1v) is 13.9. The van der Waals surface area contributed by atoms with E-state index in [-0.39, 0.29) is 23.9 Å². The van der Waals surface area contributed by atoms with E-state index >= 15 is 0 Å². The molecule has 1 unspecified atom stereocenters. The SMILES string of the molecule is COc1ccc(C(C=O)Cn2ccc(NC(=O)c3c(C)cccc3Cl)cc2=O)cc1N(CC(C)C)C(=O)C(C)(C)C. The van der Waals surface area contributed by atoms with Crippen LogP contribution in [-0.4, -0.2) is 36.3 Å². The predicted molar refractivity (Wildman–Crippen MR) is 163 cm³/mol. The second kappa shape index (κ2) is 13.2. The first-order valence-electron chi connectivity index (χ1n) is 13.5. The Bertz CT molecular complexity index is 1470. The van der Waals surface area contributed by atoms with Crippen molar-refractivity contribution in [1.29, 1.82) is 0 Å². The molecule has 0 aliphatic carbocycles. The average molecular weight is 580 g/mol. The third kappa shape index (κ3) is 7.64. The molecule has 1 heterocycles. The first-order chi connectivity index (χ1) is 19.3. The number of hydrogen-bond donors (Lipinski definition) is 1. The fraction of sp³-hybridized carbons (Fsp3) is 0.375. The van der Waals surface area contributed by atoms with Gasteiger partial charge < -0.3 is 24.3 Å². The third-order valence-corrected chi connectivity index (χ3v) is 6.93. The molecule has 9 heteroatoms. The van der Waals surface area contributed by atoms with Crippen molar-refractivity contribution >= 4 is 41.1 Å². The van der Waals surface area contributed by atoms with Gasteiger partial charge in [-0.3, -0.25) is 14.4 Å². The van der Waals surface area contributed by atoms with Gasteiger partial charge in [0.2, 0.25) is 5.91 Å². The molecule has 8 nitrogen and oxygen atoms in total. The van der Waals surface area contributed by atoms with Crippen molar-refractivity contribution in [3.63, 3.8) is 0 Å². The Kier molecular flexibility index (Phi) is 10.2. The highest BCUT2D eigenvalue weighted by Crippen LogP contribution is 2.35. The number of amides is 2. The van der Waals surface area contributed by atoms with Gasteiger partial charge in [-0.15, -0.1) is 0 Å². The minimum Gasteiger partial charge on any atom is -0.495 e. The Morgan fingerprint density at radius 3 is 2.39 bits per heavy atom. The number of aryl methyl sites for hydroxylation is 1. The van der Waals surface area contributed by atoms with E-state index in [1.807, 2.05) is 34.6 Å². The lowest BCUT2D eigenvalue weighted by atomic mass is 9.93. The maximum absolute atomic E-state index is 13.4. The van der Waals surface area contributed by atoms with Crippen molar-refractivity contribution in [2.75, 3.05) is 23.9 Å². The lowest BCUT2D eigenvalue weighted by molar-refractivity contribution is -0.125. The van der Waals surface area contributed by atoms with E-state index in [1.54, 1.807) is 54.3 Å². The van der Waals surface area contributed by atoms with Crippen molar-refractivity contribution < 1.29 is 19.1 Å². The number of methoxy groups -OCH3 is 1. The molecule has 0 saturated carbocycles. The monoisotopic (exact) mass is 579 g/mol. The van der Waals surface area contributed by atoms with Crippen LogP contribution in [0.5, 0.6) is 5.75 Å². The van der Waals surface area contributed by atoms with Gasteiger partial charge in [0.15, 0.2) is 0 Å². The van der Waals surface area contributed by atoms with Gasteiger partial charge in [-0.2, -0.15) is 0 Å². The molecule has 3 rings (SSSR count). The van der Waals surface area contributed by atoms with Crippen LogP contribution >= 0.6 is 11.6 Å². The highest BCUT2D eigenvalue weighted by Gasteiger charge is 2.31. The Hall–Kier alpha value is -3.91. The number of benzene rings is 2. The topological polar surface area (TPSA) is 97.7 Å². The summed E-state index contributed by atoms with van der Waals surface area (Å²) in [6, 6.07) is 13.4. The summed E-state index contributed by atoms with van der Waals surface area (Å²) in [4.78, 5) is 53.1.